The quantitative estimate of drug-likeness (QED) is 0.780. The maximum Gasteiger partial charge on any atom is 0.163 e. The van der Waals surface area contributed by atoms with E-state index < -0.39 is 0 Å². The second kappa shape index (κ2) is 5.15. The number of Topliss-reactive ketones (excluding diaryl/α,β-unsaturated/α-hetero) is 1. The highest BCUT2D eigenvalue weighted by Gasteiger charge is 2.07. The number of carbonyl (C=O) groups excluding carboxylic acids is 1. The molecule has 0 saturated carbocycles. The van der Waals surface area contributed by atoms with Gasteiger partial charge in [0.2, 0.25) is 0 Å². The van der Waals surface area contributed by atoms with Crippen molar-refractivity contribution in [1.29, 1.82) is 0 Å². The van der Waals surface area contributed by atoms with Gasteiger partial charge < -0.3 is 0 Å². The van der Waals surface area contributed by atoms with Crippen LogP contribution in [0.1, 0.15) is 22.5 Å². The standard InChI is InChI=1S/C13H13ClN2O/c1-16-12(8-9-15-16)6-7-13(17)10-2-4-11(14)5-3-10/h2-5,8-9H,6-7H2,1H3. The van der Waals surface area contributed by atoms with E-state index in [-0.39, 0.29) is 5.78 Å². The van der Waals surface area contributed by atoms with Crippen LogP contribution in [0.15, 0.2) is 36.5 Å². The second-order valence-corrected chi connectivity index (χ2v) is 4.31. The number of rotatable bonds is 4. The van der Waals surface area contributed by atoms with Crippen molar-refractivity contribution in [2.75, 3.05) is 0 Å². The molecule has 0 aliphatic heterocycles. The van der Waals surface area contributed by atoms with E-state index in [1.165, 1.54) is 0 Å². The van der Waals surface area contributed by atoms with Crippen LogP contribution in [0.3, 0.4) is 0 Å². The lowest BCUT2D eigenvalue weighted by Crippen LogP contribution is -2.04. The summed E-state index contributed by atoms with van der Waals surface area (Å²) in [5, 5.41) is 4.71. The van der Waals surface area contributed by atoms with Gasteiger partial charge in [0.15, 0.2) is 5.78 Å². The fourth-order valence-corrected chi connectivity index (χ4v) is 1.79. The summed E-state index contributed by atoms with van der Waals surface area (Å²) in [5.74, 6) is 0.128. The summed E-state index contributed by atoms with van der Waals surface area (Å²) in [4.78, 5) is 11.9. The van der Waals surface area contributed by atoms with Gasteiger partial charge in [0.05, 0.1) is 0 Å². The fourth-order valence-electron chi connectivity index (χ4n) is 1.67. The van der Waals surface area contributed by atoms with Crippen molar-refractivity contribution in [3.8, 4) is 0 Å². The average Bonchev–Trinajstić information content (AvgIpc) is 2.73. The Bertz CT molecular complexity index is 516. The molecule has 0 radical (unpaired) electrons. The first-order chi connectivity index (χ1) is 8.16. The third kappa shape index (κ3) is 2.94. The van der Waals surface area contributed by atoms with Crippen molar-refractivity contribution in [2.45, 2.75) is 12.8 Å². The summed E-state index contributed by atoms with van der Waals surface area (Å²) in [6.45, 7) is 0. The Morgan fingerprint density at radius 3 is 2.59 bits per heavy atom. The third-order valence-electron chi connectivity index (χ3n) is 2.70. The van der Waals surface area contributed by atoms with E-state index in [4.69, 9.17) is 11.6 Å². The van der Waals surface area contributed by atoms with Gasteiger partial charge in [-0.15, -0.1) is 0 Å². The number of nitrogens with zero attached hydrogens (tertiary/aromatic N) is 2. The lowest BCUT2D eigenvalue weighted by Gasteiger charge is -2.02. The highest BCUT2D eigenvalue weighted by Crippen LogP contribution is 2.12. The summed E-state index contributed by atoms with van der Waals surface area (Å²) in [6.07, 6.45) is 2.93. The van der Waals surface area contributed by atoms with Crippen molar-refractivity contribution in [3.05, 3.63) is 52.8 Å². The van der Waals surface area contributed by atoms with Crippen LogP contribution in [0.5, 0.6) is 0 Å². The van der Waals surface area contributed by atoms with E-state index >= 15 is 0 Å². The molecule has 88 valence electrons. The van der Waals surface area contributed by atoms with E-state index in [9.17, 15) is 4.79 Å². The summed E-state index contributed by atoms with van der Waals surface area (Å²) in [7, 11) is 1.88. The molecule has 3 nitrogen and oxygen atoms in total. The molecule has 0 saturated heterocycles. The number of halogens is 1. The summed E-state index contributed by atoms with van der Waals surface area (Å²) >= 11 is 5.77. The molecule has 2 rings (SSSR count). The van der Waals surface area contributed by atoms with Crippen molar-refractivity contribution in [1.82, 2.24) is 9.78 Å². The molecule has 4 heteroatoms. The van der Waals surface area contributed by atoms with Gasteiger partial charge in [-0.1, -0.05) is 11.6 Å². The van der Waals surface area contributed by atoms with E-state index in [0.29, 0.717) is 23.4 Å². The molecule has 0 bridgehead atoms. The Kier molecular flexibility index (Phi) is 3.59. The highest BCUT2D eigenvalue weighted by atomic mass is 35.5. The highest BCUT2D eigenvalue weighted by molar-refractivity contribution is 6.30. The molecule has 0 spiro atoms. The molecule has 0 unspecified atom stereocenters. The van der Waals surface area contributed by atoms with E-state index in [2.05, 4.69) is 5.10 Å². The smallest absolute Gasteiger partial charge is 0.163 e. The molecule has 1 heterocycles. The Morgan fingerprint density at radius 2 is 2.00 bits per heavy atom. The average molecular weight is 249 g/mol. The van der Waals surface area contributed by atoms with Gasteiger partial charge in [-0.2, -0.15) is 5.10 Å². The normalized spacial score (nSPS) is 10.5. The predicted molar refractivity (Wildman–Crippen MR) is 67.3 cm³/mol. The summed E-state index contributed by atoms with van der Waals surface area (Å²) < 4.78 is 1.79. The van der Waals surface area contributed by atoms with Crippen LogP contribution in [0.4, 0.5) is 0 Å². The van der Waals surface area contributed by atoms with Gasteiger partial charge in [0, 0.05) is 35.9 Å². The Hall–Kier alpha value is -1.61. The van der Waals surface area contributed by atoms with E-state index in [1.54, 1.807) is 35.1 Å². The summed E-state index contributed by atoms with van der Waals surface area (Å²) in [5.41, 5.74) is 1.77. The minimum atomic E-state index is 0.128. The van der Waals surface area contributed by atoms with Crippen LogP contribution in [0, 0.1) is 0 Å². The van der Waals surface area contributed by atoms with Crippen LogP contribution in [0.25, 0.3) is 0 Å². The maximum absolute atomic E-state index is 11.9. The molecular formula is C13H13ClN2O. The SMILES string of the molecule is Cn1nccc1CCC(=O)c1ccc(Cl)cc1. The molecule has 0 N–H and O–H groups in total. The van der Waals surface area contributed by atoms with Crippen molar-refractivity contribution < 1.29 is 4.79 Å². The van der Waals surface area contributed by atoms with Gasteiger partial charge in [-0.25, -0.2) is 0 Å². The molecule has 0 fully saturated rings. The number of aryl methyl sites for hydroxylation is 2. The molecule has 0 atom stereocenters. The first-order valence-corrected chi connectivity index (χ1v) is 5.80. The molecule has 2 aromatic rings. The molecular weight excluding hydrogens is 236 g/mol. The van der Waals surface area contributed by atoms with Crippen LogP contribution >= 0.6 is 11.6 Å². The number of carbonyl (C=O) groups is 1. The van der Waals surface area contributed by atoms with Crippen LogP contribution in [-0.4, -0.2) is 15.6 Å². The van der Waals surface area contributed by atoms with Gasteiger partial charge in [-0.05, 0) is 36.8 Å². The maximum atomic E-state index is 11.9. The first kappa shape index (κ1) is 11.9. The van der Waals surface area contributed by atoms with Gasteiger partial charge >= 0.3 is 0 Å². The number of aromatic nitrogens is 2. The summed E-state index contributed by atoms with van der Waals surface area (Å²) in [6, 6.07) is 8.91. The zero-order valence-electron chi connectivity index (χ0n) is 9.56. The lowest BCUT2D eigenvalue weighted by atomic mass is 10.1. The minimum absolute atomic E-state index is 0.128. The number of ketones is 1. The Balaban J connectivity index is 1.98. The lowest BCUT2D eigenvalue weighted by molar-refractivity contribution is 0.0982. The van der Waals surface area contributed by atoms with Crippen LogP contribution in [-0.2, 0) is 13.5 Å². The predicted octanol–water partition coefficient (Wildman–Crippen LogP) is 2.89. The second-order valence-electron chi connectivity index (χ2n) is 3.88. The fraction of sp³-hybridized carbons (Fsp3) is 0.231. The Labute approximate surface area is 105 Å². The van der Waals surface area contributed by atoms with Crippen LogP contribution < -0.4 is 0 Å². The van der Waals surface area contributed by atoms with E-state index in [0.717, 1.165) is 5.69 Å². The van der Waals surface area contributed by atoms with Gasteiger partial charge in [-0.3, -0.25) is 9.48 Å². The van der Waals surface area contributed by atoms with Crippen molar-refractivity contribution in [2.24, 2.45) is 7.05 Å². The molecule has 17 heavy (non-hydrogen) atoms. The molecule has 1 aromatic carbocycles. The monoisotopic (exact) mass is 248 g/mol. The number of benzene rings is 1. The topological polar surface area (TPSA) is 34.9 Å². The first-order valence-electron chi connectivity index (χ1n) is 5.42. The third-order valence-corrected chi connectivity index (χ3v) is 2.95. The Morgan fingerprint density at radius 1 is 1.29 bits per heavy atom. The zero-order valence-corrected chi connectivity index (χ0v) is 10.3. The molecule has 0 aliphatic rings. The number of hydrogen-bond donors (Lipinski definition) is 0. The minimum Gasteiger partial charge on any atom is -0.294 e. The zero-order chi connectivity index (χ0) is 12.3. The number of hydrogen-bond acceptors (Lipinski definition) is 2. The van der Waals surface area contributed by atoms with Crippen molar-refractivity contribution in [3.63, 3.8) is 0 Å². The van der Waals surface area contributed by atoms with Gasteiger partial charge in [0.1, 0.15) is 0 Å². The molecule has 0 amide bonds. The van der Waals surface area contributed by atoms with Gasteiger partial charge in [0.25, 0.3) is 0 Å². The molecule has 1 aromatic heterocycles. The van der Waals surface area contributed by atoms with E-state index in [1.807, 2.05) is 13.1 Å². The largest absolute Gasteiger partial charge is 0.294 e. The van der Waals surface area contributed by atoms with Crippen molar-refractivity contribution >= 4 is 17.4 Å². The van der Waals surface area contributed by atoms with Crippen LogP contribution in [0.2, 0.25) is 5.02 Å². The molecule has 0 aliphatic carbocycles.